The molecule has 0 atom stereocenters. The van der Waals surface area contributed by atoms with Crippen LogP contribution < -0.4 is 0 Å². The summed E-state index contributed by atoms with van der Waals surface area (Å²) in [6.07, 6.45) is 3.68. The zero-order valence-corrected chi connectivity index (χ0v) is 6.65. The highest BCUT2D eigenvalue weighted by molar-refractivity contribution is 4.91. The Kier molecular flexibility index (Phi) is 1.80. The molecule has 0 amide bonds. The van der Waals surface area contributed by atoms with E-state index in [4.69, 9.17) is 0 Å². The predicted octanol–water partition coefficient (Wildman–Crippen LogP) is 1.55. The second kappa shape index (κ2) is 2.30. The molecule has 1 saturated heterocycles. The first kappa shape index (κ1) is 7.07. The summed E-state index contributed by atoms with van der Waals surface area (Å²) in [6, 6.07) is 0. The molecule has 1 rings (SSSR count). The molecule has 1 radical (unpaired) electrons. The highest BCUT2D eigenvalue weighted by Gasteiger charge is 2.23. The molecule has 1 heteroatoms. The molecule has 0 spiro atoms. The van der Waals surface area contributed by atoms with E-state index in [9.17, 15) is 0 Å². The van der Waals surface area contributed by atoms with Crippen LogP contribution in [0.3, 0.4) is 0 Å². The molecule has 0 unspecified atom stereocenters. The Morgan fingerprint density at radius 1 is 1.44 bits per heavy atom. The molecule has 9 heavy (non-hydrogen) atoms. The Hall–Kier alpha value is -0.0400. The van der Waals surface area contributed by atoms with Crippen LogP contribution in [0.5, 0.6) is 0 Å². The van der Waals surface area contributed by atoms with Crippen LogP contribution in [0.1, 0.15) is 20.3 Å². The third-order valence-electron chi connectivity index (χ3n) is 1.89. The lowest BCUT2D eigenvalue weighted by Gasteiger charge is -2.35. The van der Waals surface area contributed by atoms with Gasteiger partial charge in [-0.3, -0.25) is 0 Å². The maximum absolute atomic E-state index is 2.42. The quantitative estimate of drug-likeness (QED) is 0.476. The zero-order valence-electron chi connectivity index (χ0n) is 6.65. The van der Waals surface area contributed by atoms with Gasteiger partial charge in [0.15, 0.2) is 0 Å². The Labute approximate surface area is 58.0 Å². The normalized spacial score (nSPS) is 28.3. The van der Waals surface area contributed by atoms with Crippen molar-refractivity contribution >= 4 is 0 Å². The van der Waals surface area contributed by atoms with Crippen LogP contribution in [0.4, 0.5) is 0 Å². The first-order valence-corrected chi connectivity index (χ1v) is 3.63. The van der Waals surface area contributed by atoms with Crippen molar-refractivity contribution in [3.63, 3.8) is 0 Å². The van der Waals surface area contributed by atoms with Crippen molar-refractivity contribution in [1.82, 2.24) is 4.90 Å². The van der Waals surface area contributed by atoms with E-state index < -0.39 is 0 Å². The Morgan fingerprint density at radius 2 is 2.11 bits per heavy atom. The van der Waals surface area contributed by atoms with E-state index in [2.05, 4.69) is 32.2 Å². The minimum Gasteiger partial charge on any atom is -0.306 e. The molecule has 0 aromatic heterocycles. The Morgan fingerprint density at radius 3 is 2.44 bits per heavy atom. The van der Waals surface area contributed by atoms with Gasteiger partial charge in [0.05, 0.1) is 0 Å². The van der Waals surface area contributed by atoms with Gasteiger partial charge in [-0.15, -0.1) is 0 Å². The van der Waals surface area contributed by atoms with Crippen LogP contribution in [0.15, 0.2) is 0 Å². The molecule has 0 aromatic carbocycles. The average molecular weight is 126 g/mol. The monoisotopic (exact) mass is 126 g/mol. The summed E-state index contributed by atoms with van der Waals surface area (Å²) >= 11 is 0. The van der Waals surface area contributed by atoms with Gasteiger partial charge in [-0.1, -0.05) is 13.8 Å². The number of likely N-dealkylation sites (tertiary alicyclic amines) is 1. The summed E-state index contributed by atoms with van der Waals surface area (Å²) in [5.74, 6) is 0. The molecule has 0 N–H and O–H groups in total. The number of nitrogens with zero attached hydrogens (tertiary/aromatic N) is 1. The number of piperidine rings is 1. The SMILES string of the molecule is CN1CC[CH]C(C)(C)C1. The van der Waals surface area contributed by atoms with Gasteiger partial charge in [0.25, 0.3) is 0 Å². The van der Waals surface area contributed by atoms with Crippen molar-refractivity contribution < 1.29 is 0 Å². The van der Waals surface area contributed by atoms with Gasteiger partial charge in [-0.05, 0) is 31.8 Å². The van der Waals surface area contributed by atoms with Crippen molar-refractivity contribution in [3.05, 3.63) is 6.42 Å². The van der Waals surface area contributed by atoms with E-state index in [0.29, 0.717) is 5.41 Å². The summed E-state index contributed by atoms with van der Waals surface area (Å²) in [4.78, 5) is 2.39. The predicted molar refractivity (Wildman–Crippen MR) is 40.2 cm³/mol. The Balaban J connectivity index is 2.41. The van der Waals surface area contributed by atoms with Gasteiger partial charge >= 0.3 is 0 Å². The molecule has 1 heterocycles. The van der Waals surface area contributed by atoms with Crippen LogP contribution in [-0.2, 0) is 0 Å². The molecule has 0 saturated carbocycles. The summed E-state index contributed by atoms with van der Waals surface area (Å²) in [7, 11) is 2.19. The minimum atomic E-state index is 0.451. The van der Waals surface area contributed by atoms with Crippen molar-refractivity contribution in [1.29, 1.82) is 0 Å². The van der Waals surface area contributed by atoms with Gasteiger partial charge in [0.2, 0.25) is 0 Å². The highest BCUT2D eigenvalue weighted by atomic mass is 15.1. The topological polar surface area (TPSA) is 3.24 Å². The molecule has 1 nitrogen and oxygen atoms in total. The molecule has 1 fully saturated rings. The molecule has 0 aromatic rings. The summed E-state index contributed by atoms with van der Waals surface area (Å²) in [6.45, 7) is 7.04. The molecule has 1 aliphatic heterocycles. The number of hydrogen-bond acceptors (Lipinski definition) is 1. The summed E-state index contributed by atoms with van der Waals surface area (Å²) < 4.78 is 0. The standard InChI is InChI=1S/C8H16N/c1-8(2)5-4-6-9(3)7-8/h5H,4,6-7H2,1-3H3. The van der Waals surface area contributed by atoms with Crippen molar-refractivity contribution in [2.75, 3.05) is 20.1 Å². The van der Waals surface area contributed by atoms with E-state index in [1.54, 1.807) is 0 Å². The fourth-order valence-electron chi connectivity index (χ4n) is 1.51. The molecular weight excluding hydrogens is 110 g/mol. The lowest BCUT2D eigenvalue weighted by Crippen LogP contribution is -2.37. The van der Waals surface area contributed by atoms with Gasteiger partial charge < -0.3 is 4.90 Å². The van der Waals surface area contributed by atoms with Crippen molar-refractivity contribution in [2.45, 2.75) is 20.3 Å². The van der Waals surface area contributed by atoms with E-state index in [-0.39, 0.29) is 0 Å². The maximum Gasteiger partial charge on any atom is 0.00324 e. The summed E-state index contributed by atoms with van der Waals surface area (Å²) in [5, 5.41) is 0. The highest BCUT2D eigenvalue weighted by Crippen LogP contribution is 2.25. The van der Waals surface area contributed by atoms with Gasteiger partial charge in [-0.25, -0.2) is 0 Å². The van der Waals surface area contributed by atoms with Crippen LogP contribution in [-0.4, -0.2) is 25.0 Å². The Bertz CT molecular complexity index is 96.7. The number of hydrogen-bond donors (Lipinski definition) is 0. The zero-order chi connectivity index (χ0) is 6.91. The third-order valence-corrected chi connectivity index (χ3v) is 1.89. The second-order valence-electron chi connectivity index (χ2n) is 3.72. The van der Waals surface area contributed by atoms with Crippen LogP contribution in [0.25, 0.3) is 0 Å². The second-order valence-corrected chi connectivity index (χ2v) is 3.72. The van der Waals surface area contributed by atoms with Crippen LogP contribution in [0, 0.1) is 11.8 Å². The average Bonchev–Trinajstić information content (AvgIpc) is 1.60. The maximum atomic E-state index is 2.42. The molecule has 53 valence electrons. The largest absolute Gasteiger partial charge is 0.306 e. The smallest absolute Gasteiger partial charge is 0.00324 e. The van der Waals surface area contributed by atoms with E-state index in [0.717, 1.165) is 0 Å². The first-order valence-electron chi connectivity index (χ1n) is 3.63. The number of rotatable bonds is 0. The van der Waals surface area contributed by atoms with E-state index in [1.807, 2.05) is 0 Å². The van der Waals surface area contributed by atoms with Gasteiger partial charge in [-0.2, -0.15) is 0 Å². The molecular formula is C8H16N. The summed E-state index contributed by atoms with van der Waals surface area (Å²) in [5.41, 5.74) is 0.451. The molecule has 1 aliphatic rings. The van der Waals surface area contributed by atoms with Crippen LogP contribution >= 0.6 is 0 Å². The van der Waals surface area contributed by atoms with Crippen molar-refractivity contribution in [2.24, 2.45) is 5.41 Å². The lowest BCUT2D eigenvalue weighted by molar-refractivity contribution is 0.195. The fourth-order valence-corrected chi connectivity index (χ4v) is 1.51. The fraction of sp³-hybridized carbons (Fsp3) is 0.875. The third kappa shape index (κ3) is 1.98. The molecule has 0 aliphatic carbocycles. The molecule has 0 bridgehead atoms. The first-order chi connectivity index (χ1) is 4.10. The lowest BCUT2D eigenvalue weighted by atomic mass is 9.84. The minimum absolute atomic E-state index is 0.451. The van der Waals surface area contributed by atoms with Crippen LogP contribution in [0.2, 0.25) is 0 Å². The van der Waals surface area contributed by atoms with Gasteiger partial charge in [0.1, 0.15) is 0 Å². The van der Waals surface area contributed by atoms with E-state index in [1.165, 1.54) is 19.5 Å². The van der Waals surface area contributed by atoms with E-state index >= 15 is 0 Å². The van der Waals surface area contributed by atoms with Gasteiger partial charge in [0, 0.05) is 6.54 Å². The van der Waals surface area contributed by atoms with Crippen molar-refractivity contribution in [3.8, 4) is 0 Å².